The number of hydrogen-bond acceptors (Lipinski definition) is 3. The molecule has 0 bridgehead atoms. The van der Waals surface area contributed by atoms with Crippen LogP contribution in [0.5, 0.6) is 11.5 Å². The molecule has 0 aliphatic carbocycles. The molecular weight excluding hydrogens is 305 g/mol. The van der Waals surface area contributed by atoms with E-state index in [0.717, 1.165) is 18.0 Å². The van der Waals surface area contributed by atoms with Crippen molar-refractivity contribution < 1.29 is 9.47 Å². The van der Waals surface area contributed by atoms with Gasteiger partial charge in [0.1, 0.15) is 0 Å². The number of hydrogen-bond donors (Lipinski definition) is 1. The molecule has 84 valence electrons. The van der Waals surface area contributed by atoms with Crippen LogP contribution < -0.4 is 13.0 Å². The lowest BCUT2D eigenvalue weighted by molar-refractivity contribution is 0.354. The van der Waals surface area contributed by atoms with Gasteiger partial charge in [-0.1, -0.05) is 13.0 Å². The van der Waals surface area contributed by atoms with E-state index in [0.29, 0.717) is 5.92 Å². The number of rotatable bonds is 5. The first kappa shape index (κ1) is 12.6. The molecule has 1 rings (SSSR count). The van der Waals surface area contributed by atoms with Crippen molar-refractivity contribution in [3.05, 3.63) is 23.8 Å². The lowest BCUT2D eigenvalue weighted by atomic mass is 10.0. The number of halogens is 1. The van der Waals surface area contributed by atoms with Gasteiger partial charge in [0.15, 0.2) is 11.5 Å². The van der Waals surface area contributed by atoms with Gasteiger partial charge >= 0.3 is 0 Å². The summed E-state index contributed by atoms with van der Waals surface area (Å²) < 4.78 is 13.6. The van der Waals surface area contributed by atoms with Crippen LogP contribution in [0.15, 0.2) is 18.2 Å². The Morgan fingerprint density at radius 3 is 2.47 bits per heavy atom. The summed E-state index contributed by atoms with van der Waals surface area (Å²) in [5, 5.41) is 0. The Morgan fingerprint density at radius 1 is 1.27 bits per heavy atom. The molecule has 0 radical (unpaired) electrons. The number of ether oxygens (including phenoxy) is 2. The van der Waals surface area contributed by atoms with Crippen LogP contribution in [0.3, 0.4) is 0 Å². The molecule has 0 spiro atoms. The highest BCUT2D eigenvalue weighted by atomic mass is 127. The van der Waals surface area contributed by atoms with Gasteiger partial charge in [-0.25, -0.2) is 0 Å². The minimum absolute atomic E-state index is 0.460. The van der Waals surface area contributed by atoms with Crippen LogP contribution in [0, 0.1) is 0 Å². The monoisotopic (exact) mass is 321 g/mol. The molecule has 0 aromatic heterocycles. The van der Waals surface area contributed by atoms with Gasteiger partial charge in [0.05, 0.1) is 14.2 Å². The molecule has 1 atom stereocenters. The average molecular weight is 321 g/mol. The minimum Gasteiger partial charge on any atom is -0.493 e. The Kier molecular flexibility index (Phi) is 5.17. The minimum atomic E-state index is 0.460. The molecule has 1 unspecified atom stereocenters. The summed E-state index contributed by atoms with van der Waals surface area (Å²) in [6.45, 7) is 3.11. The van der Waals surface area contributed by atoms with Crippen LogP contribution >= 0.6 is 22.9 Å². The van der Waals surface area contributed by atoms with Crippen molar-refractivity contribution in [1.29, 1.82) is 0 Å². The van der Waals surface area contributed by atoms with Crippen molar-refractivity contribution in [2.45, 2.75) is 12.8 Å². The van der Waals surface area contributed by atoms with Gasteiger partial charge in [-0.3, -0.25) is 3.53 Å². The predicted octanol–water partition coefficient (Wildman–Crippen LogP) is 2.75. The average Bonchev–Trinajstić information content (AvgIpc) is 2.28. The van der Waals surface area contributed by atoms with Gasteiger partial charge < -0.3 is 9.47 Å². The van der Waals surface area contributed by atoms with Gasteiger partial charge in [0, 0.05) is 29.4 Å². The van der Waals surface area contributed by atoms with Crippen LogP contribution in [-0.4, -0.2) is 20.8 Å². The summed E-state index contributed by atoms with van der Waals surface area (Å²) in [5.74, 6) is 2.02. The van der Waals surface area contributed by atoms with Crippen molar-refractivity contribution in [2.24, 2.45) is 0 Å². The Hall–Kier alpha value is -0.490. The third-order valence-corrected chi connectivity index (χ3v) is 2.80. The summed E-state index contributed by atoms with van der Waals surface area (Å²) in [7, 11) is 3.30. The van der Waals surface area contributed by atoms with E-state index < -0.39 is 0 Å². The van der Waals surface area contributed by atoms with Crippen molar-refractivity contribution in [3.63, 3.8) is 0 Å². The quantitative estimate of drug-likeness (QED) is 0.668. The molecule has 0 saturated carbocycles. The topological polar surface area (TPSA) is 30.5 Å². The van der Waals surface area contributed by atoms with Crippen LogP contribution in [0.2, 0.25) is 0 Å². The van der Waals surface area contributed by atoms with Gasteiger partial charge in [-0.15, -0.1) is 0 Å². The first-order chi connectivity index (χ1) is 7.22. The van der Waals surface area contributed by atoms with Gasteiger partial charge in [0.25, 0.3) is 0 Å². The summed E-state index contributed by atoms with van der Waals surface area (Å²) in [6.07, 6.45) is 0. The maximum atomic E-state index is 5.26. The standard InChI is InChI=1S/C11H16INO2/c1-8(7-13-12)9-4-5-10(14-2)11(6-9)15-3/h4-6,8,13H,7H2,1-3H3. The molecule has 0 aliphatic rings. The summed E-state index contributed by atoms with van der Waals surface area (Å²) in [4.78, 5) is 0. The normalized spacial score (nSPS) is 12.3. The fourth-order valence-electron chi connectivity index (χ4n) is 1.39. The second kappa shape index (κ2) is 6.17. The Morgan fingerprint density at radius 2 is 1.93 bits per heavy atom. The number of nitrogens with one attached hydrogen (secondary N) is 1. The summed E-state index contributed by atoms with van der Waals surface area (Å²) in [6, 6.07) is 6.04. The summed E-state index contributed by atoms with van der Waals surface area (Å²) in [5.41, 5.74) is 1.25. The summed E-state index contributed by atoms with van der Waals surface area (Å²) >= 11 is 2.16. The van der Waals surface area contributed by atoms with E-state index in [1.54, 1.807) is 14.2 Å². The van der Waals surface area contributed by atoms with Crippen molar-refractivity contribution >= 4 is 22.9 Å². The highest BCUT2D eigenvalue weighted by Crippen LogP contribution is 2.30. The molecule has 0 saturated heterocycles. The predicted molar refractivity (Wildman–Crippen MR) is 70.0 cm³/mol. The van der Waals surface area contributed by atoms with E-state index in [1.807, 2.05) is 12.1 Å². The zero-order valence-electron chi connectivity index (χ0n) is 9.21. The molecule has 3 nitrogen and oxygen atoms in total. The molecule has 1 N–H and O–H groups in total. The highest BCUT2D eigenvalue weighted by molar-refractivity contribution is 14.1. The Bertz CT molecular complexity index is 317. The molecule has 0 fully saturated rings. The molecule has 1 aromatic rings. The fourth-order valence-corrected chi connectivity index (χ4v) is 2.05. The maximum absolute atomic E-state index is 5.26. The molecule has 0 aliphatic heterocycles. The van der Waals surface area contributed by atoms with Crippen LogP contribution in [0.4, 0.5) is 0 Å². The lowest BCUT2D eigenvalue weighted by Crippen LogP contribution is -2.09. The number of benzene rings is 1. The third-order valence-electron chi connectivity index (χ3n) is 2.36. The van der Waals surface area contributed by atoms with E-state index in [2.05, 4.69) is 39.4 Å². The SMILES string of the molecule is COc1ccc(C(C)CNI)cc1OC. The second-order valence-corrected chi connectivity index (χ2v) is 4.12. The highest BCUT2D eigenvalue weighted by Gasteiger charge is 2.09. The van der Waals surface area contributed by atoms with E-state index in [1.165, 1.54) is 5.56 Å². The Labute approximate surface area is 105 Å². The van der Waals surface area contributed by atoms with Crippen molar-refractivity contribution in [3.8, 4) is 11.5 Å². The zero-order valence-corrected chi connectivity index (χ0v) is 11.4. The molecule has 4 heteroatoms. The second-order valence-electron chi connectivity index (χ2n) is 3.35. The van der Waals surface area contributed by atoms with E-state index in [-0.39, 0.29) is 0 Å². The number of methoxy groups -OCH3 is 2. The molecule has 15 heavy (non-hydrogen) atoms. The first-order valence-corrected chi connectivity index (χ1v) is 5.86. The van der Waals surface area contributed by atoms with Gasteiger partial charge in [0.2, 0.25) is 0 Å². The molecule has 0 amide bonds. The fraction of sp³-hybridized carbons (Fsp3) is 0.455. The van der Waals surface area contributed by atoms with E-state index in [9.17, 15) is 0 Å². The van der Waals surface area contributed by atoms with Crippen LogP contribution in [0.1, 0.15) is 18.4 Å². The van der Waals surface area contributed by atoms with E-state index >= 15 is 0 Å². The third kappa shape index (κ3) is 3.24. The lowest BCUT2D eigenvalue weighted by Gasteiger charge is -2.13. The molecule has 0 heterocycles. The molecule has 1 aromatic carbocycles. The molecular formula is C11H16INO2. The van der Waals surface area contributed by atoms with Crippen LogP contribution in [-0.2, 0) is 0 Å². The van der Waals surface area contributed by atoms with Gasteiger partial charge in [-0.05, 0) is 23.6 Å². The van der Waals surface area contributed by atoms with Gasteiger partial charge in [-0.2, -0.15) is 0 Å². The smallest absolute Gasteiger partial charge is 0.160 e. The zero-order chi connectivity index (χ0) is 11.3. The Balaban J connectivity index is 2.92. The largest absolute Gasteiger partial charge is 0.493 e. The van der Waals surface area contributed by atoms with Crippen molar-refractivity contribution in [1.82, 2.24) is 3.53 Å². The van der Waals surface area contributed by atoms with Crippen LogP contribution in [0.25, 0.3) is 0 Å². The van der Waals surface area contributed by atoms with E-state index in [4.69, 9.17) is 9.47 Å². The van der Waals surface area contributed by atoms with Crippen molar-refractivity contribution in [2.75, 3.05) is 20.8 Å². The first-order valence-electron chi connectivity index (χ1n) is 4.78. The maximum Gasteiger partial charge on any atom is 0.160 e.